The van der Waals surface area contributed by atoms with E-state index in [1.807, 2.05) is 6.92 Å². The first kappa shape index (κ1) is 22.5. The number of amides is 1. The van der Waals surface area contributed by atoms with Gasteiger partial charge in [-0.1, -0.05) is 6.92 Å². The molecule has 1 unspecified atom stereocenters. The highest BCUT2D eigenvalue weighted by atomic mass is 32.2. The number of carbonyl (C=O) groups excluding carboxylic acids is 1. The Kier molecular flexibility index (Phi) is 6.33. The lowest BCUT2D eigenvalue weighted by molar-refractivity contribution is -0.163. The normalized spacial score (nSPS) is 34.2. The van der Waals surface area contributed by atoms with Gasteiger partial charge in [0.1, 0.15) is 5.70 Å². The van der Waals surface area contributed by atoms with E-state index in [1.165, 1.54) is 16.7 Å². The molecule has 164 valence electrons. The average Bonchev–Trinajstić information content (AvgIpc) is 3.14. The minimum atomic E-state index is -3.40. The molecule has 7 atom stereocenters. The van der Waals surface area contributed by atoms with Crippen molar-refractivity contribution in [1.29, 1.82) is 0 Å². The summed E-state index contributed by atoms with van der Waals surface area (Å²) in [5, 5.41) is 22.9. The third-order valence-electron chi connectivity index (χ3n) is 5.83. The quantitative estimate of drug-likeness (QED) is 0.278. The van der Waals surface area contributed by atoms with Crippen LogP contribution in [0.3, 0.4) is 0 Å². The lowest BCUT2D eigenvalue weighted by Crippen LogP contribution is -2.63. The highest BCUT2D eigenvalue weighted by Crippen LogP contribution is 2.51. The largest absolute Gasteiger partial charge is 0.477 e. The molecule has 1 amide bonds. The molecule has 10 nitrogen and oxygen atoms in total. The summed E-state index contributed by atoms with van der Waals surface area (Å²) < 4.78 is 25.6. The Morgan fingerprint density at radius 1 is 1.48 bits per heavy atom. The van der Waals surface area contributed by atoms with E-state index in [0.29, 0.717) is 17.9 Å². The van der Waals surface area contributed by atoms with E-state index in [2.05, 4.69) is 10.0 Å². The number of rotatable bonds is 8. The standard InChI is InChI=1S/C17H28N4O6S2/c1-7-13-12(8(2)22)16(23)21(13)14(17(24)25)15(7)28-9-4-10(19-6-9)11(5-18)20-29(3,26)27/h7-13,19-20,22H,4-6,18H2,1-3H3,(H,24,25)/t7-,8-,9+,10+,11?,12-,13-/m1/s1. The van der Waals surface area contributed by atoms with Gasteiger partial charge in [-0.3, -0.25) is 4.79 Å². The zero-order chi connectivity index (χ0) is 21.7. The predicted molar refractivity (Wildman–Crippen MR) is 108 cm³/mol. The van der Waals surface area contributed by atoms with E-state index in [9.17, 15) is 28.2 Å². The molecule has 0 aromatic carbocycles. The van der Waals surface area contributed by atoms with E-state index >= 15 is 0 Å². The molecule has 0 spiro atoms. The van der Waals surface area contributed by atoms with Crippen molar-refractivity contribution in [3.63, 3.8) is 0 Å². The van der Waals surface area contributed by atoms with Gasteiger partial charge in [-0.2, -0.15) is 0 Å². The Balaban J connectivity index is 1.75. The summed E-state index contributed by atoms with van der Waals surface area (Å²) in [5.74, 6) is -2.29. The number of nitrogens with two attached hydrogens (primary N) is 1. The number of aliphatic hydroxyl groups excluding tert-OH is 1. The molecule has 0 radical (unpaired) electrons. The molecular weight excluding hydrogens is 420 g/mol. The highest BCUT2D eigenvalue weighted by molar-refractivity contribution is 8.03. The Hall–Kier alpha value is -1.18. The minimum Gasteiger partial charge on any atom is -0.477 e. The number of carboxylic acid groups (broad SMARTS) is 1. The second kappa shape index (κ2) is 8.16. The van der Waals surface area contributed by atoms with Gasteiger partial charge in [-0.15, -0.1) is 11.8 Å². The summed E-state index contributed by atoms with van der Waals surface area (Å²) in [6, 6.07) is -0.961. The summed E-state index contributed by atoms with van der Waals surface area (Å²) >= 11 is 1.42. The number of nitrogens with one attached hydrogen (secondary N) is 2. The first-order valence-electron chi connectivity index (χ1n) is 9.52. The number of aliphatic hydroxyl groups is 1. The molecular formula is C17H28N4O6S2. The second-order valence-electron chi connectivity index (χ2n) is 7.99. The zero-order valence-electron chi connectivity index (χ0n) is 16.5. The number of hydrogen-bond acceptors (Lipinski definition) is 8. The van der Waals surface area contributed by atoms with Gasteiger partial charge in [0.2, 0.25) is 15.9 Å². The smallest absolute Gasteiger partial charge is 0.353 e. The van der Waals surface area contributed by atoms with Crippen LogP contribution in [0.1, 0.15) is 20.3 Å². The number of hydrogen-bond donors (Lipinski definition) is 5. The maximum Gasteiger partial charge on any atom is 0.353 e. The number of sulfonamides is 1. The third-order valence-corrected chi connectivity index (χ3v) is 8.08. The molecule has 0 bridgehead atoms. The van der Waals surface area contributed by atoms with E-state index in [0.717, 1.165) is 6.26 Å². The van der Waals surface area contributed by atoms with Gasteiger partial charge in [-0.05, 0) is 13.3 Å². The monoisotopic (exact) mass is 448 g/mol. The Morgan fingerprint density at radius 3 is 2.66 bits per heavy atom. The topological polar surface area (TPSA) is 162 Å². The molecule has 3 aliphatic rings. The van der Waals surface area contributed by atoms with Crippen LogP contribution in [0.5, 0.6) is 0 Å². The van der Waals surface area contributed by atoms with Crippen molar-refractivity contribution >= 4 is 33.7 Å². The molecule has 0 aromatic heterocycles. The Bertz CT molecular complexity index is 830. The van der Waals surface area contributed by atoms with Gasteiger partial charge in [0, 0.05) is 41.2 Å². The fourth-order valence-electron chi connectivity index (χ4n) is 4.56. The van der Waals surface area contributed by atoms with Crippen LogP contribution in [0.25, 0.3) is 0 Å². The molecule has 3 rings (SSSR count). The van der Waals surface area contributed by atoms with Gasteiger partial charge in [0.25, 0.3) is 0 Å². The molecule has 2 saturated heterocycles. The van der Waals surface area contributed by atoms with Gasteiger partial charge < -0.3 is 26.2 Å². The molecule has 6 N–H and O–H groups in total. The summed E-state index contributed by atoms with van der Waals surface area (Å²) in [7, 11) is -3.40. The van der Waals surface area contributed by atoms with E-state index < -0.39 is 34.1 Å². The maximum absolute atomic E-state index is 12.4. The van der Waals surface area contributed by atoms with Crippen molar-refractivity contribution in [2.24, 2.45) is 17.6 Å². The summed E-state index contributed by atoms with van der Waals surface area (Å²) in [4.78, 5) is 26.2. The number of aliphatic carboxylic acids is 1. The fraction of sp³-hybridized carbons (Fsp3) is 0.765. The van der Waals surface area contributed by atoms with Gasteiger partial charge in [0.15, 0.2) is 0 Å². The van der Waals surface area contributed by atoms with Crippen LogP contribution in [0.4, 0.5) is 0 Å². The lowest BCUT2D eigenvalue weighted by Gasteiger charge is -2.46. The van der Waals surface area contributed by atoms with Crippen LogP contribution < -0.4 is 15.8 Å². The summed E-state index contributed by atoms with van der Waals surface area (Å²) in [5.41, 5.74) is 5.73. The van der Waals surface area contributed by atoms with Crippen molar-refractivity contribution in [2.75, 3.05) is 19.3 Å². The minimum absolute atomic E-state index is 0.00230. The predicted octanol–water partition coefficient (Wildman–Crippen LogP) is -1.52. The van der Waals surface area contributed by atoms with Crippen LogP contribution in [0.2, 0.25) is 0 Å². The molecule has 29 heavy (non-hydrogen) atoms. The number of carbonyl (C=O) groups is 2. The maximum atomic E-state index is 12.4. The first-order valence-corrected chi connectivity index (χ1v) is 12.3. The number of carboxylic acids is 1. The summed E-state index contributed by atoms with van der Waals surface area (Å²) in [6.07, 6.45) is 0.854. The van der Waals surface area contributed by atoms with Crippen molar-refractivity contribution in [2.45, 2.75) is 49.7 Å². The van der Waals surface area contributed by atoms with E-state index in [1.54, 1.807) is 6.92 Å². The molecule has 0 saturated carbocycles. The first-order chi connectivity index (χ1) is 13.5. The van der Waals surface area contributed by atoms with Gasteiger partial charge in [0.05, 0.1) is 24.3 Å². The van der Waals surface area contributed by atoms with Crippen molar-refractivity contribution in [1.82, 2.24) is 14.9 Å². The van der Waals surface area contributed by atoms with Gasteiger partial charge >= 0.3 is 5.97 Å². The Labute approximate surface area is 174 Å². The molecule has 12 heteroatoms. The van der Waals surface area contributed by atoms with E-state index in [4.69, 9.17) is 5.73 Å². The molecule has 2 fully saturated rings. The van der Waals surface area contributed by atoms with Crippen LogP contribution in [-0.4, -0.2) is 84.2 Å². The third kappa shape index (κ3) is 4.19. The number of β-lactam (4-membered cyclic amide) rings is 1. The highest BCUT2D eigenvalue weighted by Gasteiger charge is 2.60. The SMILES string of the molecule is C[C@@H](O)[C@H]1C(=O)N2C(C(=O)O)=C(S[C@@H]3CN[C@H](C(CN)NS(C)(=O)=O)C3)[C@H](C)[C@H]12. The van der Waals surface area contributed by atoms with Crippen LogP contribution >= 0.6 is 11.8 Å². The number of thioether (sulfide) groups is 1. The molecule has 0 aromatic rings. The molecule has 3 heterocycles. The Morgan fingerprint density at radius 2 is 2.14 bits per heavy atom. The van der Waals surface area contributed by atoms with Crippen molar-refractivity contribution < 1.29 is 28.2 Å². The average molecular weight is 449 g/mol. The van der Waals surface area contributed by atoms with Gasteiger partial charge in [-0.25, -0.2) is 17.9 Å². The number of fused-ring (bicyclic) bond motifs is 1. The van der Waals surface area contributed by atoms with Crippen LogP contribution in [0, 0.1) is 11.8 Å². The zero-order valence-corrected chi connectivity index (χ0v) is 18.2. The fourth-order valence-corrected chi connectivity index (χ4v) is 6.86. The van der Waals surface area contributed by atoms with E-state index in [-0.39, 0.29) is 41.4 Å². The summed E-state index contributed by atoms with van der Waals surface area (Å²) in [6.45, 7) is 4.14. The second-order valence-corrected chi connectivity index (χ2v) is 11.1. The van der Waals surface area contributed by atoms with Crippen molar-refractivity contribution in [3.8, 4) is 0 Å². The van der Waals surface area contributed by atoms with Crippen LogP contribution in [-0.2, 0) is 19.6 Å². The molecule has 0 aliphatic carbocycles. The molecule has 3 aliphatic heterocycles. The number of nitrogens with zero attached hydrogens (tertiary/aromatic N) is 1. The van der Waals surface area contributed by atoms with Crippen LogP contribution in [0.15, 0.2) is 10.6 Å². The lowest BCUT2D eigenvalue weighted by atomic mass is 9.79. The van der Waals surface area contributed by atoms with Crippen molar-refractivity contribution in [3.05, 3.63) is 10.6 Å².